The Kier molecular flexibility index (Phi) is 3.58. The van der Waals surface area contributed by atoms with Crippen LogP contribution in [0.1, 0.15) is 18.4 Å². The van der Waals surface area contributed by atoms with E-state index in [1.807, 2.05) is 34.7 Å². The lowest BCUT2D eigenvalue weighted by Gasteiger charge is -2.37. The molecule has 2 fully saturated rings. The van der Waals surface area contributed by atoms with E-state index in [2.05, 4.69) is 4.98 Å². The fourth-order valence-electron chi connectivity index (χ4n) is 3.46. The number of carbonyl (C=O) groups excluding carboxylic acids is 1. The number of hydrogen-bond acceptors (Lipinski definition) is 4. The summed E-state index contributed by atoms with van der Waals surface area (Å²) in [5.41, 5.74) is 3.02. The maximum Gasteiger partial charge on any atom is 0.226 e. The van der Waals surface area contributed by atoms with Crippen molar-refractivity contribution in [3.63, 3.8) is 0 Å². The van der Waals surface area contributed by atoms with Crippen LogP contribution in [0.25, 0.3) is 11.0 Å². The molecule has 0 saturated carbocycles. The molecule has 0 aliphatic carbocycles. The second kappa shape index (κ2) is 5.62. The van der Waals surface area contributed by atoms with Crippen molar-refractivity contribution in [2.75, 3.05) is 26.3 Å². The number of likely N-dealkylation sites (tertiary alicyclic amines) is 1. The lowest BCUT2D eigenvalue weighted by molar-refractivity contribution is -0.187. The van der Waals surface area contributed by atoms with Crippen molar-refractivity contribution in [1.29, 1.82) is 0 Å². The third-order valence-electron chi connectivity index (χ3n) is 4.84. The van der Waals surface area contributed by atoms with Crippen molar-refractivity contribution in [3.05, 3.63) is 30.1 Å². The number of aryl methyl sites for hydroxylation is 1. The molecule has 2 aliphatic rings. The van der Waals surface area contributed by atoms with E-state index in [0.29, 0.717) is 32.7 Å². The average Bonchev–Trinajstić information content (AvgIpc) is 3.16. The number of nitrogens with zero attached hydrogens (tertiary/aromatic N) is 3. The number of aromatic nitrogens is 2. The van der Waals surface area contributed by atoms with Crippen LogP contribution in [0.15, 0.2) is 24.5 Å². The maximum absolute atomic E-state index is 12.5. The number of imidazole rings is 1. The van der Waals surface area contributed by atoms with Gasteiger partial charge in [0.25, 0.3) is 0 Å². The second-order valence-corrected chi connectivity index (χ2v) is 6.34. The van der Waals surface area contributed by atoms with Crippen LogP contribution in [-0.4, -0.2) is 52.4 Å². The molecule has 2 aromatic rings. The minimum absolute atomic E-state index is 0.160. The smallest absolute Gasteiger partial charge is 0.226 e. The normalized spacial score (nSPS) is 20.5. The molecule has 6 heteroatoms. The number of fused-ring (bicyclic) bond motifs is 1. The maximum atomic E-state index is 12.5. The number of benzene rings is 1. The molecular weight excluding hydrogens is 294 g/mol. The van der Waals surface area contributed by atoms with Crippen LogP contribution in [0.5, 0.6) is 0 Å². The molecule has 1 spiro atoms. The van der Waals surface area contributed by atoms with Gasteiger partial charge >= 0.3 is 0 Å². The van der Waals surface area contributed by atoms with Crippen molar-refractivity contribution in [3.8, 4) is 0 Å². The van der Waals surface area contributed by atoms with Gasteiger partial charge in [-0.2, -0.15) is 0 Å². The summed E-state index contributed by atoms with van der Waals surface area (Å²) in [6, 6.07) is 6.04. The highest BCUT2D eigenvalue weighted by molar-refractivity contribution is 5.82. The molecule has 0 bridgehead atoms. The number of rotatable bonds is 2. The summed E-state index contributed by atoms with van der Waals surface area (Å²) in [5.74, 6) is -0.267. The van der Waals surface area contributed by atoms with E-state index in [9.17, 15) is 4.79 Å². The fourth-order valence-corrected chi connectivity index (χ4v) is 3.46. The lowest BCUT2D eigenvalue weighted by Crippen LogP contribution is -2.47. The van der Waals surface area contributed by atoms with Gasteiger partial charge in [0, 0.05) is 33.0 Å². The zero-order valence-electron chi connectivity index (χ0n) is 13.3. The largest absolute Gasteiger partial charge is 0.347 e. The Labute approximate surface area is 135 Å². The summed E-state index contributed by atoms with van der Waals surface area (Å²) >= 11 is 0. The van der Waals surface area contributed by atoms with E-state index in [-0.39, 0.29) is 5.91 Å². The Hall–Kier alpha value is -1.92. The molecule has 0 unspecified atom stereocenters. The van der Waals surface area contributed by atoms with Crippen LogP contribution in [0.4, 0.5) is 0 Å². The van der Waals surface area contributed by atoms with Crippen LogP contribution < -0.4 is 0 Å². The van der Waals surface area contributed by atoms with Gasteiger partial charge < -0.3 is 18.9 Å². The number of carbonyl (C=O) groups is 1. The molecule has 122 valence electrons. The zero-order chi connectivity index (χ0) is 15.9. The Morgan fingerprint density at radius 2 is 2.00 bits per heavy atom. The van der Waals surface area contributed by atoms with Crippen molar-refractivity contribution < 1.29 is 14.3 Å². The minimum Gasteiger partial charge on any atom is -0.347 e. The molecule has 2 aliphatic heterocycles. The molecular formula is C17H21N3O3. The molecule has 0 atom stereocenters. The first-order valence-electron chi connectivity index (χ1n) is 8.11. The van der Waals surface area contributed by atoms with Gasteiger partial charge in [0.15, 0.2) is 5.79 Å². The molecule has 1 amide bonds. The van der Waals surface area contributed by atoms with E-state index in [4.69, 9.17) is 9.47 Å². The monoisotopic (exact) mass is 315 g/mol. The first kappa shape index (κ1) is 14.7. The molecule has 0 N–H and O–H groups in total. The summed E-state index contributed by atoms with van der Waals surface area (Å²) in [7, 11) is 1.97. The molecule has 2 saturated heterocycles. The van der Waals surface area contributed by atoms with E-state index >= 15 is 0 Å². The SMILES string of the molecule is Cn1cnc2cc(CC(=O)N3CCC4(CC3)OCCO4)ccc21. The second-order valence-electron chi connectivity index (χ2n) is 6.34. The zero-order valence-corrected chi connectivity index (χ0v) is 13.3. The van der Waals surface area contributed by atoms with Gasteiger partial charge in [-0.3, -0.25) is 4.79 Å². The highest BCUT2D eigenvalue weighted by Crippen LogP contribution is 2.31. The number of hydrogen-bond donors (Lipinski definition) is 0. The van der Waals surface area contributed by atoms with E-state index in [1.54, 1.807) is 6.33 Å². The summed E-state index contributed by atoms with van der Waals surface area (Å²) < 4.78 is 13.4. The summed E-state index contributed by atoms with van der Waals surface area (Å²) in [4.78, 5) is 18.8. The van der Waals surface area contributed by atoms with Gasteiger partial charge in [0.1, 0.15) is 0 Å². The molecule has 23 heavy (non-hydrogen) atoms. The van der Waals surface area contributed by atoms with Crippen LogP contribution in [0.3, 0.4) is 0 Å². The number of piperidine rings is 1. The minimum atomic E-state index is -0.427. The van der Waals surface area contributed by atoms with Crippen molar-refractivity contribution >= 4 is 16.9 Å². The molecule has 0 radical (unpaired) electrons. The third kappa shape index (κ3) is 2.72. The number of ether oxygens (including phenoxy) is 2. The van der Waals surface area contributed by atoms with Crippen molar-refractivity contribution in [1.82, 2.24) is 14.5 Å². The van der Waals surface area contributed by atoms with Gasteiger partial charge in [-0.05, 0) is 17.7 Å². The van der Waals surface area contributed by atoms with Gasteiger partial charge in [-0.1, -0.05) is 6.07 Å². The van der Waals surface area contributed by atoms with Gasteiger partial charge in [-0.25, -0.2) is 4.98 Å². The molecule has 4 rings (SSSR count). The van der Waals surface area contributed by atoms with Crippen molar-refractivity contribution in [2.24, 2.45) is 7.05 Å². The average molecular weight is 315 g/mol. The predicted octanol–water partition coefficient (Wildman–Crippen LogP) is 1.48. The molecule has 3 heterocycles. The standard InChI is InChI=1S/C17H21N3O3/c1-19-12-18-14-10-13(2-3-15(14)19)11-16(21)20-6-4-17(5-7-20)22-8-9-23-17/h2-3,10,12H,4-9,11H2,1H3. The summed E-state index contributed by atoms with van der Waals surface area (Å²) in [6.07, 6.45) is 3.74. The van der Waals surface area contributed by atoms with Crippen LogP contribution in [0, 0.1) is 0 Å². The molecule has 6 nitrogen and oxygen atoms in total. The third-order valence-corrected chi connectivity index (χ3v) is 4.84. The predicted molar refractivity (Wildman–Crippen MR) is 84.9 cm³/mol. The fraction of sp³-hybridized carbons (Fsp3) is 0.529. The first-order valence-corrected chi connectivity index (χ1v) is 8.11. The van der Waals surface area contributed by atoms with Crippen LogP contribution in [0.2, 0.25) is 0 Å². The molecule has 1 aromatic heterocycles. The highest BCUT2D eigenvalue weighted by Gasteiger charge is 2.40. The van der Waals surface area contributed by atoms with Gasteiger partial charge in [0.05, 0.1) is 37.0 Å². The Morgan fingerprint density at radius 3 is 2.74 bits per heavy atom. The van der Waals surface area contributed by atoms with E-state index < -0.39 is 5.79 Å². The first-order chi connectivity index (χ1) is 11.2. The van der Waals surface area contributed by atoms with E-state index in [1.165, 1.54) is 0 Å². The van der Waals surface area contributed by atoms with Gasteiger partial charge in [0.2, 0.25) is 5.91 Å². The Morgan fingerprint density at radius 1 is 1.26 bits per heavy atom. The Balaban J connectivity index is 1.41. The van der Waals surface area contributed by atoms with Crippen LogP contribution in [-0.2, 0) is 27.7 Å². The highest BCUT2D eigenvalue weighted by atomic mass is 16.7. The number of amides is 1. The lowest BCUT2D eigenvalue weighted by atomic mass is 10.0. The topological polar surface area (TPSA) is 56.6 Å². The van der Waals surface area contributed by atoms with E-state index in [0.717, 1.165) is 29.4 Å². The van der Waals surface area contributed by atoms with Crippen molar-refractivity contribution in [2.45, 2.75) is 25.0 Å². The summed E-state index contributed by atoms with van der Waals surface area (Å²) in [6.45, 7) is 2.73. The quantitative estimate of drug-likeness (QED) is 0.842. The van der Waals surface area contributed by atoms with Crippen LogP contribution >= 0.6 is 0 Å². The molecule has 1 aromatic carbocycles. The van der Waals surface area contributed by atoms with Gasteiger partial charge in [-0.15, -0.1) is 0 Å². The summed E-state index contributed by atoms with van der Waals surface area (Å²) in [5, 5.41) is 0. The Bertz CT molecular complexity index is 724.